The summed E-state index contributed by atoms with van der Waals surface area (Å²) in [5, 5.41) is 3.65. The van der Waals surface area contributed by atoms with E-state index in [9.17, 15) is 4.79 Å². The van der Waals surface area contributed by atoms with E-state index in [2.05, 4.69) is 24.1 Å². The van der Waals surface area contributed by atoms with E-state index in [0.717, 1.165) is 26.1 Å². The highest BCUT2D eigenvalue weighted by atomic mass is 16.5. The molecule has 2 saturated heterocycles. The van der Waals surface area contributed by atoms with E-state index >= 15 is 0 Å². The molecule has 0 aromatic heterocycles. The molecule has 1 aliphatic carbocycles. The SMILES string of the molecule is CC(C)C1NC(C2CCCC2)N(C2CCCOC2)C1=O. The minimum atomic E-state index is 0.00234. The molecule has 3 atom stereocenters. The number of rotatable bonds is 3. The van der Waals surface area contributed by atoms with Crippen molar-refractivity contribution in [2.45, 2.75) is 70.6 Å². The topological polar surface area (TPSA) is 41.6 Å². The van der Waals surface area contributed by atoms with Crippen molar-refractivity contribution in [2.75, 3.05) is 13.2 Å². The Kier molecular flexibility index (Phi) is 4.32. The van der Waals surface area contributed by atoms with E-state index in [-0.39, 0.29) is 18.2 Å². The van der Waals surface area contributed by atoms with E-state index in [0.29, 0.717) is 17.7 Å². The molecule has 0 spiro atoms. The first-order valence-corrected chi connectivity index (χ1v) is 8.34. The van der Waals surface area contributed by atoms with Crippen molar-refractivity contribution in [3.05, 3.63) is 0 Å². The van der Waals surface area contributed by atoms with Crippen LogP contribution in [-0.2, 0) is 9.53 Å². The first-order valence-electron chi connectivity index (χ1n) is 8.34. The van der Waals surface area contributed by atoms with Gasteiger partial charge in [0.05, 0.1) is 24.9 Å². The summed E-state index contributed by atoms with van der Waals surface area (Å²) in [6, 6.07) is 0.292. The smallest absolute Gasteiger partial charge is 0.241 e. The highest BCUT2D eigenvalue weighted by Crippen LogP contribution is 2.35. The number of hydrogen-bond acceptors (Lipinski definition) is 3. The highest BCUT2D eigenvalue weighted by molar-refractivity contribution is 5.85. The molecule has 1 amide bonds. The maximum atomic E-state index is 12.8. The fraction of sp³-hybridized carbons (Fsp3) is 0.938. The van der Waals surface area contributed by atoms with Gasteiger partial charge in [-0.25, -0.2) is 0 Å². The molecule has 1 N–H and O–H groups in total. The van der Waals surface area contributed by atoms with Gasteiger partial charge in [-0.15, -0.1) is 0 Å². The second-order valence-electron chi connectivity index (χ2n) is 6.99. The molecular weight excluding hydrogens is 252 g/mol. The van der Waals surface area contributed by atoms with Crippen LogP contribution in [0.15, 0.2) is 0 Å². The summed E-state index contributed by atoms with van der Waals surface area (Å²) in [5.41, 5.74) is 0. The fourth-order valence-corrected chi connectivity index (χ4v) is 4.10. The molecule has 3 fully saturated rings. The lowest BCUT2D eigenvalue weighted by atomic mass is 10.0. The Morgan fingerprint density at radius 2 is 1.95 bits per heavy atom. The van der Waals surface area contributed by atoms with Crippen molar-refractivity contribution in [1.29, 1.82) is 0 Å². The van der Waals surface area contributed by atoms with E-state index < -0.39 is 0 Å². The van der Waals surface area contributed by atoms with Gasteiger partial charge in [-0.1, -0.05) is 26.7 Å². The summed E-state index contributed by atoms with van der Waals surface area (Å²) < 4.78 is 5.63. The number of carbonyl (C=O) groups is 1. The molecular formula is C16H28N2O2. The van der Waals surface area contributed by atoms with Crippen molar-refractivity contribution in [1.82, 2.24) is 10.2 Å². The molecule has 0 aromatic carbocycles. The van der Waals surface area contributed by atoms with Crippen LogP contribution >= 0.6 is 0 Å². The van der Waals surface area contributed by atoms with Crippen molar-refractivity contribution in [3.8, 4) is 0 Å². The summed E-state index contributed by atoms with van der Waals surface area (Å²) >= 11 is 0. The predicted octanol–water partition coefficient (Wildman–Crippen LogP) is 2.14. The average molecular weight is 280 g/mol. The van der Waals surface area contributed by atoms with Gasteiger partial charge < -0.3 is 9.64 Å². The molecule has 0 radical (unpaired) electrons. The van der Waals surface area contributed by atoms with Crippen molar-refractivity contribution in [3.63, 3.8) is 0 Å². The van der Waals surface area contributed by atoms with Gasteiger partial charge in [0.2, 0.25) is 5.91 Å². The molecule has 2 aliphatic heterocycles. The summed E-state index contributed by atoms with van der Waals surface area (Å²) in [6.45, 7) is 5.86. The second-order valence-corrected chi connectivity index (χ2v) is 6.99. The van der Waals surface area contributed by atoms with Gasteiger partial charge in [0, 0.05) is 6.61 Å². The van der Waals surface area contributed by atoms with Crippen LogP contribution < -0.4 is 5.32 Å². The maximum Gasteiger partial charge on any atom is 0.241 e. The Bertz CT molecular complexity index is 346. The van der Waals surface area contributed by atoms with Gasteiger partial charge >= 0.3 is 0 Å². The largest absolute Gasteiger partial charge is 0.379 e. The highest BCUT2D eigenvalue weighted by Gasteiger charge is 2.47. The number of ether oxygens (including phenoxy) is 1. The zero-order chi connectivity index (χ0) is 14.1. The number of nitrogens with one attached hydrogen (secondary N) is 1. The molecule has 2 heterocycles. The Labute approximate surface area is 122 Å². The van der Waals surface area contributed by atoms with Gasteiger partial charge in [-0.2, -0.15) is 0 Å². The lowest BCUT2D eigenvalue weighted by Gasteiger charge is -2.37. The molecule has 4 heteroatoms. The Balaban J connectivity index is 1.79. The third kappa shape index (κ3) is 2.60. The van der Waals surface area contributed by atoms with Gasteiger partial charge in [0.1, 0.15) is 0 Å². The molecule has 114 valence electrons. The first-order chi connectivity index (χ1) is 9.68. The molecule has 3 aliphatic rings. The molecule has 3 unspecified atom stereocenters. The minimum absolute atomic E-state index is 0.00234. The van der Waals surface area contributed by atoms with Gasteiger partial charge in [0.15, 0.2) is 0 Å². The summed E-state index contributed by atoms with van der Waals surface area (Å²) in [6.07, 6.45) is 7.60. The minimum Gasteiger partial charge on any atom is -0.379 e. The first kappa shape index (κ1) is 14.3. The summed E-state index contributed by atoms with van der Waals surface area (Å²) in [7, 11) is 0. The molecule has 1 saturated carbocycles. The monoisotopic (exact) mass is 280 g/mol. The number of carbonyl (C=O) groups excluding carboxylic acids is 1. The quantitative estimate of drug-likeness (QED) is 0.861. The fourth-order valence-electron chi connectivity index (χ4n) is 4.10. The maximum absolute atomic E-state index is 12.8. The van der Waals surface area contributed by atoms with Crippen molar-refractivity contribution in [2.24, 2.45) is 11.8 Å². The molecule has 3 rings (SSSR count). The van der Waals surface area contributed by atoms with Crippen molar-refractivity contribution >= 4 is 5.91 Å². The van der Waals surface area contributed by atoms with Crippen LogP contribution in [0.5, 0.6) is 0 Å². The van der Waals surface area contributed by atoms with Crippen LogP contribution in [0.3, 0.4) is 0 Å². The normalized spacial score (nSPS) is 36.2. The summed E-state index contributed by atoms with van der Waals surface area (Å²) in [4.78, 5) is 15.0. The van der Waals surface area contributed by atoms with Crippen LogP contribution in [0.2, 0.25) is 0 Å². The zero-order valence-electron chi connectivity index (χ0n) is 12.8. The summed E-state index contributed by atoms with van der Waals surface area (Å²) in [5.74, 6) is 1.32. The zero-order valence-corrected chi connectivity index (χ0v) is 12.8. The van der Waals surface area contributed by atoms with Gasteiger partial charge in [-0.3, -0.25) is 10.1 Å². The Morgan fingerprint density at radius 1 is 1.20 bits per heavy atom. The van der Waals surface area contributed by atoms with Gasteiger partial charge in [0.25, 0.3) is 0 Å². The van der Waals surface area contributed by atoms with E-state index in [1.165, 1.54) is 25.7 Å². The van der Waals surface area contributed by atoms with E-state index in [1.807, 2.05) is 0 Å². The third-order valence-electron chi connectivity index (χ3n) is 5.21. The molecule has 20 heavy (non-hydrogen) atoms. The standard InChI is InChI=1S/C16H28N2O2/c1-11(2)14-16(19)18(13-8-5-9-20-10-13)15(17-14)12-6-3-4-7-12/h11-15,17H,3-10H2,1-2H3. The third-order valence-corrected chi connectivity index (χ3v) is 5.21. The van der Waals surface area contributed by atoms with Crippen LogP contribution in [0, 0.1) is 11.8 Å². The second kappa shape index (κ2) is 6.02. The average Bonchev–Trinajstić information content (AvgIpc) is 3.06. The molecule has 0 aromatic rings. The number of hydrogen-bond donors (Lipinski definition) is 1. The van der Waals surface area contributed by atoms with Crippen LogP contribution in [0.1, 0.15) is 52.4 Å². The van der Waals surface area contributed by atoms with Crippen LogP contribution in [0.4, 0.5) is 0 Å². The van der Waals surface area contributed by atoms with E-state index in [1.54, 1.807) is 0 Å². The Hall–Kier alpha value is -0.610. The van der Waals surface area contributed by atoms with Gasteiger partial charge in [-0.05, 0) is 37.5 Å². The van der Waals surface area contributed by atoms with Crippen LogP contribution in [-0.4, -0.2) is 42.3 Å². The molecule has 0 bridgehead atoms. The lowest BCUT2D eigenvalue weighted by Crippen LogP contribution is -2.50. The predicted molar refractivity (Wildman–Crippen MR) is 78.2 cm³/mol. The Morgan fingerprint density at radius 3 is 2.55 bits per heavy atom. The number of amides is 1. The lowest BCUT2D eigenvalue weighted by molar-refractivity contribution is -0.136. The van der Waals surface area contributed by atoms with E-state index in [4.69, 9.17) is 4.74 Å². The van der Waals surface area contributed by atoms with Crippen molar-refractivity contribution < 1.29 is 9.53 Å². The van der Waals surface area contributed by atoms with Crippen LogP contribution in [0.25, 0.3) is 0 Å². The number of nitrogens with zero attached hydrogens (tertiary/aromatic N) is 1. The molecule has 4 nitrogen and oxygen atoms in total.